The summed E-state index contributed by atoms with van der Waals surface area (Å²) in [6.45, 7) is 3.20. The second-order valence-corrected chi connectivity index (χ2v) is 7.85. The molecule has 9 heteroatoms. The molecule has 0 unspecified atom stereocenters. The Hall–Kier alpha value is -1.64. The first-order chi connectivity index (χ1) is 11.9. The number of fused-ring (bicyclic) bond motifs is 5. The van der Waals surface area contributed by atoms with Crippen LogP contribution in [0.1, 0.15) is 25.8 Å². The van der Waals surface area contributed by atoms with Gasteiger partial charge in [-0.25, -0.2) is 4.90 Å². The van der Waals surface area contributed by atoms with E-state index in [1.54, 1.807) is 13.8 Å². The van der Waals surface area contributed by atoms with Crippen molar-refractivity contribution in [1.29, 1.82) is 0 Å². The Morgan fingerprint density at radius 2 is 1.85 bits per heavy atom. The highest BCUT2D eigenvalue weighted by molar-refractivity contribution is 6.31. The van der Waals surface area contributed by atoms with Crippen LogP contribution >= 0.6 is 11.6 Å². The van der Waals surface area contributed by atoms with Gasteiger partial charge in [-0.05, 0) is 32.0 Å². The van der Waals surface area contributed by atoms with E-state index in [4.69, 9.17) is 16.3 Å². The van der Waals surface area contributed by atoms with E-state index in [9.17, 15) is 27.9 Å². The second-order valence-electron chi connectivity index (χ2n) is 7.45. The standard InChI is InChI=1S/C17H15ClF3NO4/c1-15-6-10(23)16(2,26-15)12-11(15)13(24)22(14(12)25)7-3-4-9(18)8(5-7)17(19,20)21/h3-5,10-12,23H,6H2,1-2H3/t10-,11+,12+,15+,16-/m1/s1. The molecule has 0 spiro atoms. The van der Waals surface area contributed by atoms with E-state index in [-0.39, 0.29) is 12.1 Å². The molecule has 3 aliphatic rings. The molecule has 3 heterocycles. The molecule has 5 nitrogen and oxygen atoms in total. The molecule has 0 radical (unpaired) electrons. The summed E-state index contributed by atoms with van der Waals surface area (Å²) in [6.07, 6.45) is -5.46. The molecule has 1 N–H and O–H groups in total. The molecule has 2 bridgehead atoms. The Balaban J connectivity index is 1.80. The third kappa shape index (κ3) is 2.06. The lowest BCUT2D eigenvalue weighted by molar-refractivity contribution is -0.138. The van der Waals surface area contributed by atoms with Gasteiger partial charge in [0.25, 0.3) is 0 Å². The Morgan fingerprint density at radius 1 is 1.23 bits per heavy atom. The minimum absolute atomic E-state index is 0.186. The second kappa shape index (κ2) is 4.99. The summed E-state index contributed by atoms with van der Waals surface area (Å²) in [7, 11) is 0. The zero-order chi connectivity index (χ0) is 19.2. The molecule has 2 amide bonds. The van der Waals surface area contributed by atoms with Gasteiger partial charge in [0.05, 0.1) is 39.8 Å². The number of hydrogen-bond acceptors (Lipinski definition) is 4. The lowest BCUT2D eigenvalue weighted by atomic mass is 9.67. The first kappa shape index (κ1) is 17.8. The number of halogens is 4. The summed E-state index contributed by atoms with van der Waals surface area (Å²) in [4.78, 5) is 26.6. The maximum atomic E-state index is 13.1. The number of anilines is 1. The monoisotopic (exact) mass is 389 g/mol. The number of amides is 2. The first-order valence-electron chi connectivity index (χ1n) is 8.03. The van der Waals surface area contributed by atoms with Crippen molar-refractivity contribution in [3.05, 3.63) is 28.8 Å². The maximum absolute atomic E-state index is 13.1. The predicted octanol–water partition coefficient (Wildman–Crippen LogP) is 2.78. The van der Waals surface area contributed by atoms with Crippen LogP contribution in [0.25, 0.3) is 0 Å². The normalized spacial score (nSPS) is 39.0. The summed E-state index contributed by atoms with van der Waals surface area (Å²) < 4.78 is 45.2. The molecule has 0 aliphatic carbocycles. The van der Waals surface area contributed by atoms with Crippen LogP contribution in [0.15, 0.2) is 18.2 Å². The SMILES string of the molecule is C[C@@]12O[C@@](C)(C[C@H]1O)[C@@H]1C(=O)N(c3ccc(Cl)c(C(F)(F)F)c3)C(=O)[C@H]12. The largest absolute Gasteiger partial charge is 0.417 e. The minimum Gasteiger partial charge on any atom is -0.390 e. The number of imide groups is 1. The summed E-state index contributed by atoms with van der Waals surface area (Å²) in [5.74, 6) is -3.06. The fraction of sp³-hybridized carbons (Fsp3) is 0.529. The molecule has 26 heavy (non-hydrogen) atoms. The van der Waals surface area contributed by atoms with Gasteiger partial charge >= 0.3 is 6.18 Å². The van der Waals surface area contributed by atoms with Crippen molar-refractivity contribution in [1.82, 2.24) is 0 Å². The number of benzene rings is 1. The maximum Gasteiger partial charge on any atom is 0.417 e. The average Bonchev–Trinajstić information content (AvgIpc) is 3.01. The molecule has 3 fully saturated rings. The zero-order valence-electron chi connectivity index (χ0n) is 13.8. The molecule has 4 rings (SSSR count). The van der Waals surface area contributed by atoms with Gasteiger partial charge in [0.1, 0.15) is 5.60 Å². The highest BCUT2D eigenvalue weighted by Gasteiger charge is 2.75. The first-order valence-corrected chi connectivity index (χ1v) is 8.41. The summed E-state index contributed by atoms with van der Waals surface area (Å²) in [5, 5.41) is 9.75. The fourth-order valence-corrected chi connectivity index (χ4v) is 4.87. The van der Waals surface area contributed by atoms with Crippen molar-refractivity contribution in [2.75, 3.05) is 4.90 Å². The number of alkyl halides is 3. The number of aliphatic hydroxyl groups excluding tert-OH is 1. The molecule has 3 aliphatic heterocycles. The van der Waals surface area contributed by atoms with Gasteiger partial charge in [0.2, 0.25) is 11.8 Å². The Morgan fingerprint density at radius 3 is 2.46 bits per heavy atom. The van der Waals surface area contributed by atoms with Crippen LogP contribution in [0, 0.1) is 11.8 Å². The summed E-state index contributed by atoms with van der Waals surface area (Å²) in [5.41, 5.74) is -3.57. The van der Waals surface area contributed by atoms with Gasteiger partial charge in [0, 0.05) is 6.42 Å². The molecular weight excluding hydrogens is 375 g/mol. The highest BCUT2D eigenvalue weighted by atomic mass is 35.5. The molecular formula is C17H15ClF3NO4. The molecule has 1 aromatic carbocycles. The van der Waals surface area contributed by atoms with Crippen LogP contribution in [0.4, 0.5) is 18.9 Å². The summed E-state index contributed by atoms with van der Waals surface area (Å²) in [6, 6.07) is 2.92. The third-order valence-electron chi connectivity index (χ3n) is 5.81. The van der Waals surface area contributed by atoms with Crippen molar-refractivity contribution in [2.45, 2.75) is 43.8 Å². The van der Waals surface area contributed by atoms with E-state index in [2.05, 4.69) is 0 Å². The van der Waals surface area contributed by atoms with Crippen LogP contribution < -0.4 is 4.90 Å². The topological polar surface area (TPSA) is 66.8 Å². The van der Waals surface area contributed by atoms with Crippen molar-refractivity contribution in [3.63, 3.8) is 0 Å². The van der Waals surface area contributed by atoms with E-state index >= 15 is 0 Å². The number of carbonyl (C=O) groups excluding carboxylic acids is 2. The van der Waals surface area contributed by atoms with E-state index in [1.165, 1.54) is 6.07 Å². The van der Waals surface area contributed by atoms with Crippen molar-refractivity contribution < 1.29 is 32.6 Å². The lowest BCUT2D eigenvalue weighted by Gasteiger charge is -2.31. The van der Waals surface area contributed by atoms with Gasteiger partial charge < -0.3 is 9.84 Å². The van der Waals surface area contributed by atoms with Crippen LogP contribution in [0.2, 0.25) is 5.02 Å². The number of rotatable bonds is 1. The van der Waals surface area contributed by atoms with E-state index in [1.807, 2.05) is 0 Å². The van der Waals surface area contributed by atoms with Crippen LogP contribution in [0.5, 0.6) is 0 Å². The molecule has 0 saturated carbocycles. The molecule has 5 atom stereocenters. The number of nitrogens with zero attached hydrogens (tertiary/aromatic N) is 1. The Labute approximate surface area is 151 Å². The van der Waals surface area contributed by atoms with Crippen molar-refractivity contribution >= 4 is 29.1 Å². The van der Waals surface area contributed by atoms with Gasteiger partial charge in [-0.1, -0.05) is 11.6 Å². The lowest BCUT2D eigenvalue weighted by Crippen LogP contribution is -2.49. The molecule has 1 aromatic rings. The Kier molecular flexibility index (Phi) is 3.41. The highest BCUT2D eigenvalue weighted by Crippen LogP contribution is 2.61. The van der Waals surface area contributed by atoms with Crippen LogP contribution in [-0.2, 0) is 20.5 Å². The van der Waals surface area contributed by atoms with Crippen molar-refractivity contribution in [3.8, 4) is 0 Å². The third-order valence-corrected chi connectivity index (χ3v) is 6.14. The van der Waals surface area contributed by atoms with Gasteiger partial charge in [-0.2, -0.15) is 13.2 Å². The smallest absolute Gasteiger partial charge is 0.390 e. The number of hydrogen-bond donors (Lipinski definition) is 1. The minimum atomic E-state index is -4.72. The van der Waals surface area contributed by atoms with Gasteiger partial charge in [0.15, 0.2) is 0 Å². The number of carbonyl (C=O) groups is 2. The molecule has 140 valence electrons. The predicted molar refractivity (Wildman–Crippen MR) is 84.4 cm³/mol. The number of ether oxygens (including phenoxy) is 1. The average molecular weight is 390 g/mol. The fourth-order valence-electron chi connectivity index (χ4n) is 4.65. The van der Waals surface area contributed by atoms with E-state index < -0.39 is 57.7 Å². The van der Waals surface area contributed by atoms with Gasteiger partial charge in [-0.3, -0.25) is 9.59 Å². The summed E-state index contributed by atoms with van der Waals surface area (Å²) >= 11 is 5.61. The van der Waals surface area contributed by atoms with Crippen LogP contribution in [-0.4, -0.2) is 34.2 Å². The van der Waals surface area contributed by atoms with Crippen molar-refractivity contribution in [2.24, 2.45) is 11.8 Å². The number of aliphatic hydroxyl groups is 1. The zero-order valence-corrected chi connectivity index (χ0v) is 14.6. The quantitative estimate of drug-likeness (QED) is 0.750. The molecule has 0 aromatic heterocycles. The molecule has 3 saturated heterocycles. The van der Waals surface area contributed by atoms with Gasteiger partial charge in [-0.15, -0.1) is 0 Å². The Bertz CT molecular complexity index is 844. The van der Waals surface area contributed by atoms with Crippen LogP contribution in [0.3, 0.4) is 0 Å². The van der Waals surface area contributed by atoms with E-state index in [0.717, 1.165) is 11.0 Å². The van der Waals surface area contributed by atoms with E-state index in [0.29, 0.717) is 6.07 Å².